The molecule has 2 nitrogen and oxygen atoms in total. The summed E-state index contributed by atoms with van der Waals surface area (Å²) in [5, 5.41) is 13.1. The van der Waals surface area contributed by atoms with Crippen molar-refractivity contribution in [2.45, 2.75) is 18.9 Å². The van der Waals surface area contributed by atoms with Crippen LogP contribution in [0, 0.1) is 5.92 Å². The van der Waals surface area contributed by atoms with E-state index in [4.69, 9.17) is 16.7 Å². The normalized spacial score (nSPS) is 25.7. The molecule has 1 fully saturated rings. The molecule has 1 aliphatic rings. The van der Waals surface area contributed by atoms with Crippen molar-refractivity contribution in [2.75, 3.05) is 13.2 Å². The van der Waals surface area contributed by atoms with Gasteiger partial charge in [0.25, 0.3) is 0 Å². The highest BCUT2D eigenvalue weighted by Gasteiger charge is 2.23. The van der Waals surface area contributed by atoms with Crippen molar-refractivity contribution >= 4 is 11.6 Å². The van der Waals surface area contributed by atoms with Crippen LogP contribution in [0.15, 0.2) is 24.3 Å². The molecule has 0 radical (unpaired) electrons. The van der Waals surface area contributed by atoms with Gasteiger partial charge in [-0.25, -0.2) is 0 Å². The third-order valence-corrected chi connectivity index (χ3v) is 3.18. The van der Waals surface area contributed by atoms with Gasteiger partial charge in [0.05, 0.1) is 6.61 Å². The topological polar surface area (TPSA) is 32.3 Å². The Hall–Kier alpha value is -0.570. The average Bonchev–Trinajstić information content (AvgIpc) is 2.65. The lowest BCUT2D eigenvalue weighted by molar-refractivity contribution is 0.253. The molecule has 82 valence electrons. The van der Waals surface area contributed by atoms with Gasteiger partial charge in [0.2, 0.25) is 0 Å². The van der Waals surface area contributed by atoms with Crippen molar-refractivity contribution in [2.24, 2.45) is 5.92 Å². The Morgan fingerprint density at radius 2 is 2.33 bits per heavy atom. The molecule has 1 aliphatic heterocycles. The zero-order chi connectivity index (χ0) is 10.7. The lowest BCUT2D eigenvalue weighted by Crippen LogP contribution is -2.24. The van der Waals surface area contributed by atoms with Crippen molar-refractivity contribution in [3.8, 4) is 0 Å². The van der Waals surface area contributed by atoms with E-state index in [-0.39, 0.29) is 12.6 Å². The number of aliphatic hydroxyl groups is 1. The highest BCUT2D eigenvalue weighted by atomic mass is 35.5. The van der Waals surface area contributed by atoms with Crippen LogP contribution in [0.25, 0.3) is 0 Å². The van der Waals surface area contributed by atoms with E-state index >= 15 is 0 Å². The molecule has 2 rings (SSSR count). The number of hydrogen-bond acceptors (Lipinski definition) is 2. The van der Waals surface area contributed by atoms with E-state index in [1.54, 1.807) is 0 Å². The lowest BCUT2D eigenvalue weighted by atomic mass is 9.97. The third-order valence-electron chi connectivity index (χ3n) is 2.95. The molecule has 2 N–H and O–H groups in total. The fraction of sp³-hybridized carbons (Fsp3) is 0.500. The first-order chi connectivity index (χ1) is 7.28. The second-order valence-corrected chi connectivity index (χ2v) is 4.66. The molecule has 1 aromatic rings. The van der Waals surface area contributed by atoms with Crippen LogP contribution < -0.4 is 5.32 Å². The summed E-state index contributed by atoms with van der Waals surface area (Å²) in [4.78, 5) is 0. The summed E-state index contributed by atoms with van der Waals surface area (Å²) in [6.45, 7) is 1.24. The van der Waals surface area contributed by atoms with Crippen molar-refractivity contribution in [3.05, 3.63) is 34.9 Å². The van der Waals surface area contributed by atoms with E-state index < -0.39 is 0 Å². The van der Waals surface area contributed by atoms with Crippen LogP contribution in [0.4, 0.5) is 0 Å². The number of aliphatic hydroxyl groups excluding tert-OH is 1. The second-order valence-electron chi connectivity index (χ2n) is 4.22. The first-order valence-corrected chi connectivity index (χ1v) is 5.74. The molecule has 0 aliphatic carbocycles. The minimum Gasteiger partial charge on any atom is -0.395 e. The number of hydrogen-bond donors (Lipinski definition) is 2. The van der Waals surface area contributed by atoms with Crippen LogP contribution >= 0.6 is 11.6 Å². The van der Waals surface area contributed by atoms with Crippen LogP contribution in [0.2, 0.25) is 5.02 Å². The monoisotopic (exact) mass is 225 g/mol. The zero-order valence-corrected chi connectivity index (χ0v) is 9.37. The minimum absolute atomic E-state index is 0.242. The van der Waals surface area contributed by atoms with Crippen LogP contribution in [0.3, 0.4) is 0 Å². The van der Waals surface area contributed by atoms with Gasteiger partial charge in [-0.3, -0.25) is 0 Å². The summed E-state index contributed by atoms with van der Waals surface area (Å²) >= 11 is 5.93. The van der Waals surface area contributed by atoms with Crippen molar-refractivity contribution in [3.63, 3.8) is 0 Å². The predicted octanol–water partition coefficient (Wildman–Crippen LogP) is 1.85. The maximum Gasteiger partial charge on any atom is 0.0584 e. The number of nitrogens with one attached hydrogen (secondary N) is 1. The highest BCUT2D eigenvalue weighted by Crippen LogP contribution is 2.20. The molecule has 0 aromatic heterocycles. The maximum atomic E-state index is 9.01. The van der Waals surface area contributed by atoms with Gasteiger partial charge in [0.15, 0.2) is 0 Å². The van der Waals surface area contributed by atoms with Crippen molar-refractivity contribution in [1.29, 1.82) is 0 Å². The molecular weight excluding hydrogens is 210 g/mol. The van der Waals surface area contributed by atoms with Crippen molar-refractivity contribution < 1.29 is 5.11 Å². The Morgan fingerprint density at radius 3 is 3.00 bits per heavy atom. The number of rotatable bonds is 3. The van der Waals surface area contributed by atoms with Gasteiger partial charge in [-0.1, -0.05) is 23.7 Å². The smallest absolute Gasteiger partial charge is 0.0584 e. The summed E-state index contributed by atoms with van der Waals surface area (Å²) in [7, 11) is 0. The molecule has 3 heteroatoms. The Bertz CT molecular complexity index is 329. The van der Waals surface area contributed by atoms with E-state index in [1.807, 2.05) is 18.2 Å². The molecule has 2 unspecified atom stereocenters. The Balaban J connectivity index is 1.92. The van der Waals surface area contributed by atoms with Gasteiger partial charge < -0.3 is 10.4 Å². The SMILES string of the molecule is OCC1CC(Cc2cccc(Cl)c2)CN1. The van der Waals surface area contributed by atoms with E-state index in [0.29, 0.717) is 5.92 Å². The van der Waals surface area contributed by atoms with Crippen molar-refractivity contribution in [1.82, 2.24) is 5.32 Å². The highest BCUT2D eigenvalue weighted by molar-refractivity contribution is 6.30. The predicted molar refractivity (Wildman–Crippen MR) is 62.1 cm³/mol. The van der Waals surface area contributed by atoms with Gasteiger partial charge in [0, 0.05) is 11.1 Å². The average molecular weight is 226 g/mol. The largest absolute Gasteiger partial charge is 0.395 e. The quantitative estimate of drug-likeness (QED) is 0.823. The Labute approximate surface area is 95.3 Å². The van der Waals surface area contributed by atoms with Gasteiger partial charge >= 0.3 is 0 Å². The van der Waals surface area contributed by atoms with E-state index in [2.05, 4.69) is 11.4 Å². The molecular formula is C12H16ClNO. The summed E-state index contributed by atoms with van der Waals surface area (Å²) in [6, 6.07) is 8.30. The van der Waals surface area contributed by atoms with Gasteiger partial charge in [0.1, 0.15) is 0 Å². The Morgan fingerprint density at radius 1 is 1.47 bits per heavy atom. The second kappa shape index (κ2) is 4.97. The van der Waals surface area contributed by atoms with Gasteiger partial charge in [-0.15, -0.1) is 0 Å². The lowest BCUT2D eigenvalue weighted by Gasteiger charge is -2.08. The number of benzene rings is 1. The standard InChI is InChI=1S/C12H16ClNO/c13-11-3-1-2-9(5-11)4-10-6-12(8-15)14-7-10/h1-3,5,10,12,14-15H,4,6-8H2. The molecule has 2 atom stereocenters. The molecule has 1 saturated heterocycles. The third kappa shape index (κ3) is 2.94. The molecule has 15 heavy (non-hydrogen) atoms. The Kier molecular flexibility index (Phi) is 3.62. The fourth-order valence-corrected chi connectivity index (χ4v) is 2.41. The van der Waals surface area contributed by atoms with E-state index in [1.165, 1.54) is 5.56 Å². The zero-order valence-electron chi connectivity index (χ0n) is 8.62. The van der Waals surface area contributed by atoms with Gasteiger partial charge in [-0.2, -0.15) is 0 Å². The number of halogens is 1. The minimum atomic E-state index is 0.242. The first kappa shape index (κ1) is 10.9. The summed E-state index contributed by atoms with van der Waals surface area (Å²) < 4.78 is 0. The summed E-state index contributed by atoms with van der Waals surface area (Å²) in [6.07, 6.45) is 2.10. The van der Waals surface area contributed by atoms with Crippen LogP contribution in [-0.4, -0.2) is 24.3 Å². The van der Waals surface area contributed by atoms with Crippen LogP contribution in [0.5, 0.6) is 0 Å². The summed E-state index contributed by atoms with van der Waals surface area (Å²) in [5.74, 6) is 0.626. The van der Waals surface area contributed by atoms with Crippen LogP contribution in [0.1, 0.15) is 12.0 Å². The van der Waals surface area contributed by atoms with Gasteiger partial charge in [-0.05, 0) is 43.0 Å². The van der Waals surface area contributed by atoms with E-state index in [9.17, 15) is 0 Å². The van der Waals surface area contributed by atoms with Crippen LogP contribution in [-0.2, 0) is 6.42 Å². The molecule has 0 spiro atoms. The molecule has 0 bridgehead atoms. The summed E-state index contributed by atoms with van der Waals surface area (Å²) in [5.41, 5.74) is 1.29. The molecule has 0 saturated carbocycles. The first-order valence-electron chi connectivity index (χ1n) is 5.36. The maximum absolute atomic E-state index is 9.01. The van der Waals surface area contributed by atoms with E-state index in [0.717, 1.165) is 24.4 Å². The molecule has 1 aromatic carbocycles. The molecule has 1 heterocycles. The molecule has 0 amide bonds. The fourth-order valence-electron chi connectivity index (χ4n) is 2.19.